The van der Waals surface area contributed by atoms with Gasteiger partial charge in [0.15, 0.2) is 0 Å². The summed E-state index contributed by atoms with van der Waals surface area (Å²) in [6, 6.07) is 4.78. The molecule has 0 spiro atoms. The molecule has 0 radical (unpaired) electrons. The van der Waals surface area contributed by atoms with Crippen molar-refractivity contribution in [2.45, 2.75) is 13.8 Å². The highest BCUT2D eigenvalue weighted by Crippen LogP contribution is 2.20. The monoisotopic (exact) mass is 251 g/mol. The van der Waals surface area contributed by atoms with E-state index >= 15 is 0 Å². The van der Waals surface area contributed by atoms with Crippen molar-refractivity contribution in [2.24, 2.45) is 0 Å². The van der Waals surface area contributed by atoms with Gasteiger partial charge in [0.1, 0.15) is 11.6 Å². The Bertz CT molecular complexity index is 557. The Kier molecular flexibility index (Phi) is 3.24. The first kappa shape index (κ1) is 11.8. The quantitative estimate of drug-likeness (QED) is 0.829. The first-order chi connectivity index (χ1) is 8.06. The number of halogens is 2. The third kappa shape index (κ3) is 2.71. The van der Waals surface area contributed by atoms with Gasteiger partial charge in [-0.3, -0.25) is 0 Å². The van der Waals surface area contributed by atoms with Crippen molar-refractivity contribution in [3.63, 3.8) is 0 Å². The Morgan fingerprint density at radius 3 is 2.71 bits per heavy atom. The first-order valence-corrected chi connectivity index (χ1v) is 5.46. The van der Waals surface area contributed by atoms with Crippen LogP contribution in [-0.2, 0) is 0 Å². The average Bonchev–Trinajstić information content (AvgIpc) is 2.29. The summed E-state index contributed by atoms with van der Waals surface area (Å²) in [5.74, 6) is 0.393. The van der Waals surface area contributed by atoms with E-state index in [1.165, 1.54) is 6.07 Å². The van der Waals surface area contributed by atoms with E-state index < -0.39 is 0 Å². The summed E-state index contributed by atoms with van der Waals surface area (Å²) in [5, 5.41) is 3.26. The van der Waals surface area contributed by atoms with Gasteiger partial charge >= 0.3 is 0 Å². The molecule has 1 aromatic carbocycles. The second kappa shape index (κ2) is 4.67. The molecular weight excluding hydrogens is 241 g/mol. The van der Waals surface area contributed by atoms with Gasteiger partial charge in [-0.1, -0.05) is 0 Å². The predicted molar refractivity (Wildman–Crippen MR) is 66.2 cm³/mol. The lowest BCUT2D eigenvalue weighted by Gasteiger charge is -2.09. The van der Waals surface area contributed by atoms with Gasteiger partial charge < -0.3 is 5.32 Å². The molecule has 0 atom stereocenters. The normalized spacial score (nSPS) is 10.4. The number of nitrogens with zero attached hydrogens (tertiary/aromatic N) is 2. The summed E-state index contributed by atoms with van der Waals surface area (Å²) < 4.78 is 13.1. The molecule has 3 nitrogen and oxygen atoms in total. The second-order valence-electron chi connectivity index (χ2n) is 3.76. The number of hydrogen-bond acceptors (Lipinski definition) is 3. The van der Waals surface area contributed by atoms with Gasteiger partial charge in [-0.25, -0.2) is 14.4 Å². The fourth-order valence-electron chi connectivity index (χ4n) is 1.41. The molecule has 0 unspecified atom stereocenters. The van der Waals surface area contributed by atoms with Crippen LogP contribution in [0, 0.1) is 19.7 Å². The van der Waals surface area contributed by atoms with E-state index in [2.05, 4.69) is 15.3 Å². The van der Waals surface area contributed by atoms with Gasteiger partial charge in [0, 0.05) is 17.4 Å². The maximum absolute atomic E-state index is 13.1. The van der Waals surface area contributed by atoms with E-state index in [0.29, 0.717) is 11.4 Å². The zero-order valence-electron chi connectivity index (χ0n) is 9.46. The molecule has 0 saturated carbocycles. The number of rotatable bonds is 2. The maximum Gasteiger partial charge on any atom is 0.224 e. The van der Waals surface area contributed by atoms with Gasteiger partial charge in [0.25, 0.3) is 0 Å². The molecule has 1 aromatic heterocycles. The molecule has 0 amide bonds. The topological polar surface area (TPSA) is 37.8 Å². The lowest BCUT2D eigenvalue weighted by atomic mass is 10.2. The summed E-state index contributed by atoms with van der Waals surface area (Å²) in [4.78, 5) is 7.94. The molecule has 0 bridgehead atoms. The Labute approximate surface area is 104 Å². The fourth-order valence-corrected chi connectivity index (χ4v) is 1.54. The molecule has 17 heavy (non-hydrogen) atoms. The van der Waals surface area contributed by atoms with Crippen LogP contribution in [0.5, 0.6) is 0 Å². The highest BCUT2D eigenvalue weighted by Gasteiger charge is 2.04. The van der Waals surface area contributed by atoms with Crippen LogP contribution in [0.15, 0.2) is 24.4 Å². The van der Waals surface area contributed by atoms with Crippen molar-refractivity contribution in [2.75, 3.05) is 5.32 Å². The number of nitrogens with one attached hydrogen (secondary N) is 1. The summed E-state index contributed by atoms with van der Waals surface area (Å²) in [6.07, 6.45) is 1.63. The highest BCUT2D eigenvalue weighted by atomic mass is 35.5. The zero-order chi connectivity index (χ0) is 12.4. The minimum absolute atomic E-state index is 0.178. The largest absolute Gasteiger partial charge is 0.340 e. The van der Waals surface area contributed by atoms with Crippen LogP contribution < -0.4 is 5.32 Å². The van der Waals surface area contributed by atoms with Crippen LogP contribution in [-0.4, -0.2) is 9.97 Å². The van der Waals surface area contributed by atoms with E-state index in [1.807, 2.05) is 6.92 Å². The van der Waals surface area contributed by atoms with Gasteiger partial charge in [-0.05, 0) is 49.2 Å². The zero-order valence-corrected chi connectivity index (χ0v) is 10.2. The van der Waals surface area contributed by atoms with Gasteiger partial charge in [-0.15, -0.1) is 0 Å². The predicted octanol–water partition coefficient (Wildman–Crippen LogP) is 3.63. The summed E-state index contributed by atoms with van der Waals surface area (Å²) >= 11 is 5.72. The van der Waals surface area contributed by atoms with Gasteiger partial charge in [0.05, 0.1) is 0 Å². The Morgan fingerprint density at radius 1 is 1.24 bits per heavy atom. The number of hydrogen-bond donors (Lipinski definition) is 1. The molecule has 1 N–H and O–H groups in total. The van der Waals surface area contributed by atoms with Crippen LogP contribution in [0.4, 0.5) is 15.9 Å². The molecule has 0 aliphatic rings. The van der Waals surface area contributed by atoms with Crippen molar-refractivity contribution in [1.29, 1.82) is 0 Å². The molecule has 2 aromatic rings. The summed E-state index contributed by atoms with van der Waals surface area (Å²) in [6.45, 7) is 3.58. The molecule has 0 saturated heterocycles. The SMILES string of the molecule is Cc1cc(Nc2nc(Cl)ncc2C)ccc1F. The van der Waals surface area contributed by atoms with E-state index in [9.17, 15) is 4.39 Å². The van der Waals surface area contributed by atoms with Crippen molar-refractivity contribution in [1.82, 2.24) is 9.97 Å². The fraction of sp³-hybridized carbons (Fsp3) is 0.167. The molecule has 5 heteroatoms. The minimum atomic E-state index is -0.229. The molecule has 0 fully saturated rings. The third-order valence-electron chi connectivity index (χ3n) is 2.36. The standard InChI is InChI=1S/C12H11ClFN3/c1-7-5-9(3-4-10(7)14)16-11-8(2)6-15-12(13)17-11/h3-6H,1-2H3,(H,15,16,17). The highest BCUT2D eigenvalue weighted by molar-refractivity contribution is 6.28. The number of aromatic nitrogens is 2. The van der Waals surface area contributed by atoms with Crippen molar-refractivity contribution < 1.29 is 4.39 Å². The Hall–Kier alpha value is -1.68. The lowest BCUT2D eigenvalue weighted by molar-refractivity contribution is 0.619. The van der Waals surface area contributed by atoms with Crippen molar-refractivity contribution >= 4 is 23.1 Å². The smallest absolute Gasteiger partial charge is 0.224 e. The molecule has 2 rings (SSSR count). The van der Waals surface area contributed by atoms with E-state index in [4.69, 9.17) is 11.6 Å². The number of aryl methyl sites for hydroxylation is 2. The molecular formula is C12H11ClFN3. The summed E-state index contributed by atoms with van der Waals surface area (Å²) in [7, 11) is 0. The Morgan fingerprint density at radius 2 is 2.00 bits per heavy atom. The molecule has 88 valence electrons. The van der Waals surface area contributed by atoms with Crippen LogP contribution >= 0.6 is 11.6 Å². The van der Waals surface area contributed by atoms with Gasteiger partial charge in [-0.2, -0.15) is 0 Å². The number of anilines is 2. The van der Waals surface area contributed by atoms with Crippen LogP contribution in [0.2, 0.25) is 5.28 Å². The van der Waals surface area contributed by atoms with Crippen LogP contribution in [0.25, 0.3) is 0 Å². The third-order valence-corrected chi connectivity index (χ3v) is 2.55. The lowest BCUT2D eigenvalue weighted by Crippen LogP contribution is -1.98. The second-order valence-corrected chi connectivity index (χ2v) is 4.10. The van der Waals surface area contributed by atoms with E-state index in [0.717, 1.165) is 11.3 Å². The van der Waals surface area contributed by atoms with Crippen molar-refractivity contribution in [3.8, 4) is 0 Å². The van der Waals surface area contributed by atoms with E-state index in [-0.39, 0.29) is 11.1 Å². The minimum Gasteiger partial charge on any atom is -0.340 e. The maximum atomic E-state index is 13.1. The van der Waals surface area contributed by atoms with Gasteiger partial charge in [0.2, 0.25) is 5.28 Å². The first-order valence-electron chi connectivity index (χ1n) is 5.08. The summed E-state index contributed by atoms with van der Waals surface area (Å²) in [5.41, 5.74) is 2.21. The van der Waals surface area contributed by atoms with Crippen LogP contribution in [0.1, 0.15) is 11.1 Å². The van der Waals surface area contributed by atoms with Crippen LogP contribution in [0.3, 0.4) is 0 Å². The Balaban J connectivity index is 2.31. The molecule has 1 heterocycles. The molecule has 0 aliphatic carbocycles. The number of benzene rings is 1. The van der Waals surface area contributed by atoms with E-state index in [1.54, 1.807) is 25.3 Å². The van der Waals surface area contributed by atoms with Crippen molar-refractivity contribution in [3.05, 3.63) is 46.6 Å². The average molecular weight is 252 g/mol. The molecule has 0 aliphatic heterocycles.